The molecule has 2 aliphatic rings. The maximum atomic E-state index is 11.8. The summed E-state index contributed by atoms with van der Waals surface area (Å²) in [6.45, 7) is 2.31. The molecule has 2 aliphatic carbocycles. The predicted molar refractivity (Wildman–Crippen MR) is 78.2 cm³/mol. The molecule has 3 rings (SSSR count). The van der Waals surface area contributed by atoms with Crippen molar-refractivity contribution >= 4 is 17.3 Å². The summed E-state index contributed by atoms with van der Waals surface area (Å²) in [7, 11) is 0. The molecule has 0 aliphatic heterocycles. The molecule has 1 aromatic rings. The summed E-state index contributed by atoms with van der Waals surface area (Å²) >= 11 is 0. The number of hydrogen-bond donors (Lipinski definition) is 2. The zero-order chi connectivity index (χ0) is 13.2. The minimum absolute atomic E-state index is 0.173. The topological polar surface area (TPSA) is 41.1 Å². The number of nitrogens with one attached hydrogen (secondary N) is 2. The Morgan fingerprint density at radius 2 is 1.95 bits per heavy atom. The van der Waals surface area contributed by atoms with Gasteiger partial charge in [-0.2, -0.15) is 0 Å². The molecule has 0 spiro atoms. The Morgan fingerprint density at radius 1 is 1.16 bits per heavy atom. The van der Waals surface area contributed by atoms with Crippen LogP contribution in [-0.2, 0) is 4.79 Å². The molecular formula is C16H22N2O. The van der Waals surface area contributed by atoms with Crippen LogP contribution in [0.4, 0.5) is 11.4 Å². The minimum Gasteiger partial charge on any atom is -0.382 e. The number of amides is 1. The van der Waals surface area contributed by atoms with Crippen LogP contribution in [0.15, 0.2) is 24.3 Å². The number of anilines is 2. The van der Waals surface area contributed by atoms with Gasteiger partial charge >= 0.3 is 0 Å². The van der Waals surface area contributed by atoms with Crippen LogP contribution in [0.2, 0.25) is 0 Å². The third-order valence-electron chi connectivity index (χ3n) is 4.29. The molecule has 0 bridgehead atoms. The molecule has 2 N–H and O–H groups in total. The summed E-state index contributed by atoms with van der Waals surface area (Å²) < 4.78 is 0. The third kappa shape index (κ3) is 3.09. The van der Waals surface area contributed by atoms with Gasteiger partial charge in [-0.3, -0.25) is 4.79 Å². The number of rotatable bonds is 4. The zero-order valence-electron chi connectivity index (χ0n) is 11.5. The summed E-state index contributed by atoms with van der Waals surface area (Å²) in [5.74, 6) is 1.17. The highest BCUT2D eigenvalue weighted by atomic mass is 16.2. The molecule has 1 amide bonds. The lowest BCUT2D eigenvalue weighted by Gasteiger charge is -2.19. The van der Waals surface area contributed by atoms with Gasteiger partial charge in [0.25, 0.3) is 0 Å². The van der Waals surface area contributed by atoms with Gasteiger partial charge in [-0.1, -0.05) is 19.4 Å². The molecule has 2 atom stereocenters. The second-order valence-electron chi connectivity index (χ2n) is 6.00. The van der Waals surface area contributed by atoms with Gasteiger partial charge in [0.05, 0.1) is 0 Å². The first kappa shape index (κ1) is 12.5. The molecule has 3 heteroatoms. The lowest BCUT2D eigenvalue weighted by Crippen LogP contribution is -2.21. The van der Waals surface area contributed by atoms with Crippen molar-refractivity contribution < 1.29 is 4.79 Å². The van der Waals surface area contributed by atoms with Crippen LogP contribution in [0.25, 0.3) is 0 Å². The summed E-state index contributed by atoms with van der Waals surface area (Å²) in [6.07, 6.45) is 5.97. The molecule has 2 fully saturated rings. The summed E-state index contributed by atoms with van der Waals surface area (Å²) in [5, 5.41) is 6.60. The maximum Gasteiger partial charge on any atom is 0.227 e. The van der Waals surface area contributed by atoms with E-state index in [1.807, 2.05) is 18.2 Å². The van der Waals surface area contributed by atoms with E-state index in [4.69, 9.17) is 0 Å². The van der Waals surface area contributed by atoms with Crippen molar-refractivity contribution in [3.63, 3.8) is 0 Å². The van der Waals surface area contributed by atoms with Crippen LogP contribution in [-0.4, -0.2) is 11.9 Å². The van der Waals surface area contributed by atoms with Gasteiger partial charge in [0, 0.05) is 23.3 Å². The first-order chi connectivity index (χ1) is 9.22. The molecule has 19 heavy (non-hydrogen) atoms. The Balaban J connectivity index is 1.63. The number of benzene rings is 1. The van der Waals surface area contributed by atoms with Crippen LogP contribution in [0.1, 0.15) is 39.0 Å². The number of carbonyl (C=O) groups is 1. The molecule has 0 radical (unpaired) electrons. The Kier molecular flexibility index (Phi) is 3.45. The van der Waals surface area contributed by atoms with Crippen molar-refractivity contribution in [1.82, 2.24) is 0 Å². The largest absolute Gasteiger partial charge is 0.382 e. The fourth-order valence-corrected chi connectivity index (χ4v) is 2.85. The zero-order valence-corrected chi connectivity index (χ0v) is 11.5. The lowest BCUT2D eigenvalue weighted by atomic mass is 10.1. The van der Waals surface area contributed by atoms with Crippen molar-refractivity contribution in [2.24, 2.45) is 11.8 Å². The minimum atomic E-state index is 0.173. The van der Waals surface area contributed by atoms with Crippen LogP contribution >= 0.6 is 0 Å². The van der Waals surface area contributed by atoms with Gasteiger partial charge in [-0.15, -0.1) is 0 Å². The van der Waals surface area contributed by atoms with Crippen molar-refractivity contribution in [2.45, 2.75) is 45.1 Å². The smallest absolute Gasteiger partial charge is 0.227 e. The highest BCUT2D eigenvalue weighted by Gasteiger charge is 2.29. The van der Waals surface area contributed by atoms with Gasteiger partial charge in [0.1, 0.15) is 0 Å². The highest BCUT2D eigenvalue weighted by molar-refractivity contribution is 5.94. The monoisotopic (exact) mass is 258 g/mol. The summed E-state index contributed by atoms with van der Waals surface area (Å²) in [6, 6.07) is 8.67. The molecular weight excluding hydrogens is 236 g/mol. The van der Waals surface area contributed by atoms with Gasteiger partial charge < -0.3 is 10.6 Å². The van der Waals surface area contributed by atoms with Crippen molar-refractivity contribution in [1.29, 1.82) is 0 Å². The van der Waals surface area contributed by atoms with Crippen molar-refractivity contribution in [3.05, 3.63) is 24.3 Å². The van der Waals surface area contributed by atoms with Crippen LogP contribution in [0.3, 0.4) is 0 Å². The van der Waals surface area contributed by atoms with Crippen LogP contribution in [0, 0.1) is 11.8 Å². The molecule has 1 aromatic carbocycles. The number of hydrogen-bond acceptors (Lipinski definition) is 2. The second-order valence-corrected chi connectivity index (χ2v) is 6.00. The van der Waals surface area contributed by atoms with Gasteiger partial charge in [-0.25, -0.2) is 0 Å². The van der Waals surface area contributed by atoms with E-state index in [2.05, 4.69) is 23.6 Å². The summed E-state index contributed by atoms with van der Waals surface area (Å²) in [5.41, 5.74) is 2.03. The first-order valence-electron chi connectivity index (χ1n) is 7.40. The van der Waals surface area contributed by atoms with Crippen molar-refractivity contribution in [2.75, 3.05) is 10.6 Å². The molecule has 0 heterocycles. The van der Waals surface area contributed by atoms with E-state index in [1.54, 1.807) is 0 Å². The standard InChI is InChI=1S/C16H22N2O/c1-11-4-2-7-15(11)17-13-5-3-6-14(10-13)18-16(19)12-8-9-12/h3,5-6,10-12,15,17H,2,4,7-9H2,1H3,(H,18,19). The Morgan fingerprint density at radius 3 is 2.63 bits per heavy atom. The van der Waals surface area contributed by atoms with E-state index in [0.717, 1.165) is 30.1 Å². The predicted octanol–water partition coefficient (Wildman–Crippen LogP) is 3.64. The number of carbonyl (C=O) groups excluding carboxylic acids is 1. The molecule has 2 unspecified atom stereocenters. The van der Waals surface area contributed by atoms with Gasteiger partial charge in [0.2, 0.25) is 5.91 Å². The third-order valence-corrected chi connectivity index (χ3v) is 4.29. The van der Waals surface area contributed by atoms with Crippen molar-refractivity contribution in [3.8, 4) is 0 Å². The fourth-order valence-electron chi connectivity index (χ4n) is 2.85. The molecule has 0 aromatic heterocycles. The van der Waals surface area contributed by atoms with E-state index in [1.165, 1.54) is 19.3 Å². The second kappa shape index (κ2) is 5.24. The first-order valence-corrected chi connectivity index (χ1v) is 7.40. The molecule has 102 valence electrons. The fraction of sp³-hybridized carbons (Fsp3) is 0.562. The Hall–Kier alpha value is -1.51. The van der Waals surface area contributed by atoms with E-state index < -0.39 is 0 Å². The molecule has 0 saturated heterocycles. The SMILES string of the molecule is CC1CCCC1Nc1cccc(NC(=O)C2CC2)c1. The Labute approximate surface area is 114 Å². The summed E-state index contributed by atoms with van der Waals surface area (Å²) in [4.78, 5) is 11.8. The molecule has 2 saturated carbocycles. The van der Waals surface area contributed by atoms with Gasteiger partial charge in [-0.05, 0) is 49.8 Å². The lowest BCUT2D eigenvalue weighted by molar-refractivity contribution is -0.117. The quantitative estimate of drug-likeness (QED) is 0.865. The van der Waals surface area contributed by atoms with E-state index in [0.29, 0.717) is 6.04 Å². The maximum absolute atomic E-state index is 11.8. The highest BCUT2D eigenvalue weighted by Crippen LogP contribution is 2.31. The van der Waals surface area contributed by atoms with Gasteiger partial charge in [0.15, 0.2) is 0 Å². The average molecular weight is 258 g/mol. The molecule has 3 nitrogen and oxygen atoms in total. The van der Waals surface area contributed by atoms with Crippen LogP contribution in [0.5, 0.6) is 0 Å². The van der Waals surface area contributed by atoms with E-state index in [-0.39, 0.29) is 11.8 Å². The van der Waals surface area contributed by atoms with E-state index >= 15 is 0 Å². The normalized spacial score (nSPS) is 26.2. The van der Waals surface area contributed by atoms with E-state index in [9.17, 15) is 4.79 Å². The Bertz CT molecular complexity index is 468. The van der Waals surface area contributed by atoms with Crippen LogP contribution < -0.4 is 10.6 Å². The average Bonchev–Trinajstić information content (AvgIpc) is 3.16.